The van der Waals surface area contributed by atoms with E-state index in [-0.39, 0.29) is 23.2 Å². The molecule has 0 aromatic heterocycles. The van der Waals surface area contributed by atoms with Gasteiger partial charge in [0.2, 0.25) is 5.91 Å². The third kappa shape index (κ3) is 6.13. The van der Waals surface area contributed by atoms with Crippen molar-refractivity contribution in [2.24, 2.45) is 0 Å². The molecule has 1 saturated heterocycles. The Morgan fingerprint density at radius 2 is 1.61 bits per heavy atom. The highest BCUT2D eigenvalue weighted by atomic mass is 19.1. The van der Waals surface area contributed by atoms with Gasteiger partial charge in [0.25, 0.3) is 5.91 Å². The van der Waals surface area contributed by atoms with Crippen molar-refractivity contribution in [3.05, 3.63) is 65.5 Å². The molecule has 2 amide bonds. The van der Waals surface area contributed by atoms with Crippen LogP contribution in [-0.2, 0) is 4.79 Å². The van der Waals surface area contributed by atoms with Crippen LogP contribution >= 0.6 is 0 Å². The van der Waals surface area contributed by atoms with Gasteiger partial charge in [-0.3, -0.25) is 14.4 Å². The van der Waals surface area contributed by atoms with Crippen LogP contribution in [0.25, 0.3) is 0 Å². The maximum Gasteiger partial charge on any atom is 0.256 e. The SMILES string of the molecule is CC(=O)c1ccc(OCCCC(=O)N2CCCN(C(=O)c3ccccc3F)CC2)cc1. The average molecular weight is 426 g/mol. The first-order valence-corrected chi connectivity index (χ1v) is 10.5. The van der Waals surface area contributed by atoms with E-state index in [1.807, 2.05) is 0 Å². The number of hydrogen-bond donors (Lipinski definition) is 0. The molecule has 0 spiro atoms. The molecule has 0 saturated carbocycles. The molecule has 1 fully saturated rings. The zero-order valence-electron chi connectivity index (χ0n) is 17.7. The standard InChI is InChI=1S/C24H27FN2O4/c1-18(28)19-9-11-20(12-10-19)31-17-4-8-23(29)26-13-5-14-27(16-15-26)24(30)21-6-2-3-7-22(21)25/h2-3,6-7,9-12H,4-5,8,13-17H2,1H3. The van der Waals surface area contributed by atoms with Crippen LogP contribution in [0.15, 0.2) is 48.5 Å². The molecule has 31 heavy (non-hydrogen) atoms. The number of Topliss-reactive ketones (excluding diaryl/α,β-unsaturated/α-hetero) is 1. The van der Waals surface area contributed by atoms with Crippen LogP contribution in [0.5, 0.6) is 5.75 Å². The van der Waals surface area contributed by atoms with E-state index in [1.165, 1.54) is 19.1 Å². The lowest BCUT2D eigenvalue weighted by Crippen LogP contribution is -2.37. The highest BCUT2D eigenvalue weighted by Gasteiger charge is 2.24. The van der Waals surface area contributed by atoms with Gasteiger partial charge in [0.05, 0.1) is 12.2 Å². The lowest BCUT2D eigenvalue weighted by molar-refractivity contribution is -0.131. The van der Waals surface area contributed by atoms with Crippen LogP contribution in [0.1, 0.15) is 46.9 Å². The van der Waals surface area contributed by atoms with Crippen LogP contribution in [0.4, 0.5) is 4.39 Å². The van der Waals surface area contributed by atoms with E-state index in [1.54, 1.807) is 46.2 Å². The number of carbonyl (C=O) groups is 3. The Labute approximate surface area is 181 Å². The molecule has 0 N–H and O–H groups in total. The summed E-state index contributed by atoms with van der Waals surface area (Å²) in [5, 5.41) is 0. The summed E-state index contributed by atoms with van der Waals surface area (Å²) in [6.07, 6.45) is 1.58. The Bertz CT molecular complexity index is 929. The van der Waals surface area contributed by atoms with Crippen molar-refractivity contribution in [1.29, 1.82) is 0 Å². The molecule has 0 bridgehead atoms. The Morgan fingerprint density at radius 1 is 0.935 bits per heavy atom. The van der Waals surface area contributed by atoms with Gasteiger partial charge in [-0.1, -0.05) is 12.1 Å². The number of carbonyl (C=O) groups excluding carboxylic acids is 3. The monoisotopic (exact) mass is 426 g/mol. The lowest BCUT2D eigenvalue weighted by Gasteiger charge is -2.22. The molecule has 3 rings (SSSR count). The van der Waals surface area contributed by atoms with Crippen molar-refractivity contribution in [2.75, 3.05) is 32.8 Å². The summed E-state index contributed by atoms with van der Waals surface area (Å²) in [5.74, 6) is -0.175. The van der Waals surface area contributed by atoms with Crippen LogP contribution < -0.4 is 4.74 Å². The molecule has 1 aliphatic heterocycles. The molecule has 2 aromatic rings. The lowest BCUT2D eigenvalue weighted by atomic mass is 10.1. The molecule has 0 atom stereocenters. The molecule has 1 aliphatic rings. The summed E-state index contributed by atoms with van der Waals surface area (Å²) >= 11 is 0. The predicted molar refractivity (Wildman–Crippen MR) is 115 cm³/mol. The van der Waals surface area contributed by atoms with Crippen LogP contribution in [0.2, 0.25) is 0 Å². The number of amides is 2. The van der Waals surface area contributed by atoms with E-state index in [4.69, 9.17) is 4.74 Å². The molecule has 0 unspecified atom stereocenters. The minimum Gasteiger partial charge on any atom is -0.494 e. The van der Waals surface area contributed by atoms with E-state index in [9.17, 15) is 18.8 Å². The van der Waals surface area contributed by atoms with Crippen molar-refractivity contribution in [2.45, 2.75) is 26.2 Å². The second-order valence-electron chi connectivity index (χ2n) is 7.54. The highest BCUT2D eigenvalue weighted by molar-refractivity contribution is 5.94. The Balaban J connectivity index is 1.42. The number of benzene rings is 2. The van der Waals surface area contributed by atoms with E-state index >= 15 is 0 Å². The van der Waals surface area contributed by atoms with Crippen LogP contribution in [0, 0.1) is 5.82 Å². The molecule has 0 radical (unpaired) electrons. The predicted octanol–water partition coefficient (Wildman–Crippen LogP) is 3.56. The highest BCUT2D eigenvalue weighted by Crippen LogP contribution is 2.15. The summed E-state index contributed by atoms with van der Waals surface area (Å²) in [7, 11) is 0. The van der Waals surface area contributed by atoms with Gasteiger partial charge in [-0.25, -0.2) is 4.39 Å². The quantitative estimate of drug-likeness (QED) is 0.502. The average Bonchev–Trinajstić information content (AvgIpc) is 3.03. The third-order valence-electron chi connectivity index (χ3n) is 5.30. The van der Waals surface area contributed by atoms with Gasteiger partial charge in [0.15, 0.2) is 5.78 Å². The molecule has 1 heterocycles. The number of rotatable bonds is 7. The first-order chi connectivity index (χ1) is 15.0. The Hall–Kier alpha value is -3.22. The van der Waals surface area contributed by atoms with Gasteiger partial charge in [-0.2, -0.15) is 0 Å². The topological polar surface area (TPSA) is 66.9 Å². The Morgan fingerprint density at radius 3 is 2.32 bits per heavy atom. The largest absolute Gasteiger partial charge is 0.494 e. The summed E-state index contributed by atoms with van der Waals surface area (Å²) < 4.78 is 19.6. The zero-order valence-corrected chi connectivity index (χ0v) is 17.7. The third-order valence-corrected chi connectivity index (χ3v) is 5.30. The summed E-state index contributed by atoms with van der Waals surface area (Å²) in [4.78, 5) is 39.8. The normalized spacial score (nSPS) is 14.1. The molecular weight excluding hydrogens is 399 g/mol. The molecule has 2 aromatic carbocycles. The summed E-state index contributed by atoms with van der Waals surface area (Å²) in [6.45, 7) is 3.81. The first kappa shape index (κ1) is 22.5. The van der Waals surface area contributed by atoms with E-state index < -0.39 is 5.82 Å². The maximum atomic E-state index is 13.9. The van der Waals surface area contributed by atoms with E-state index in [2.05, 4.69) is 0 Å². The van der Waals surface area contributed by atoms with E-state index in [0.717, 1.165) is 0 Å². The number of nitrogens with zero attached hydrogens (tertiary/aromatic N) is 2. The fourth-order valence-corrected chi connectivity index (χ4v) is 3.53. The van der Waals surface area contributed by atoms with Gasteiger partial charge in [0.1, 0.15) is 11.6 Å². The van der Waals surface area contributed by atoms with Gasteiger partial charge in [-0.15, -0.1) is 0 Å². The number of ether oxygens (including phenoxy) is 1. The fraction of sp³-hybridized carbons (Fsp3) is 0.375. The summed E-state index contributed by atoms with van der Waals surface area (Å²) in [5.41, 5.74) is 0.696. The number of hydrogen-bond acceptors (Lipinski definition) is 4. The van der Waals surface area contributed by atoms with Gasteiger partial charge in [0, 0.05) is 38.2 Å². The second-order valence-corrected chi connectivity index (χ2v) is 7.54. The van der Waals surface area contributed by atoms with Crippen molar-refractivity contribution in [1.82, 2.24) is 9.80 Å². The number of ketones is 1. The smallest absolute Gasteiger partial charge is 0.256 e. The van der Waals surface area contributed by atoms with Crippen LogP contribution in [-0.4, -0.2) is 60.2 Å². The Kier molecular flexibility index (Phi) is 7.76. The van der Waals surface area contributed by atoms with Crippen molar-refractivity contribution in [3.8, 4) is 5.75 Å². The van der Waals surface area contributed by atoms with Gasteiger partial charge >= 0.3 is 0 Å². The van der Waals surface area contributed by atoms with Gasteiger partial charge in [-0.05, 0) is 56.2 Å². The molecule has 6 nitrogen and oxygen atoms in total. The van der Waals surface area contributed by atoms with Crippen molar-refractivity contribution in [3.63, 3.8) is 0 Å². The van der Waals surface area contributed by atoms with Crippen molar-refractivity contribution < 1.29 is 23.5 Å². The molecule has 0 aliphatic carbocycles. The minimum absolute atomic E-state index is 0.00349. The maximum absolute atomic E-state index is 13.9. The van der Waals surface area contributed by atoms with E-state index in [0.29, 0.717) is 63.4 Å². The second kappa shape index (κ2) is 10.7. The number of halogens is 1. The molecule has 164 valence electrons. The molecule has 7 heteroatoms. The zero-order chi connectivity index (χ0) is 22.2. The molecular formula is C24H27FN2O4. The minimum atomic E-state index is -0.527. The van der Waals surface area contributed by atoms with Crippen molar-refractivity contribution >= 4 is 17.6 Å². The van der Waals surface area contributed by atoms with Crippen LogP contribution in [0.3, 0.4) is 0 Å². The van der Waals surface area contributed by atoms with Gasteiger partial charge < -0.3 is 14.5 Å². The fourth-order valence-electron chi connectivity index (χ4n) is 3.53. The first-order valence-electron chi connectivity index (χ1n) is 10.5. The summed E-state index contributed by atoms with van der Waals surface area (Å²) in [6, 6.07) is 12.9.